The molecule has 0 aromatic carbocycles. The van der Waals surface area contributed by atoms with Crippen LogP contribution in [0.3, 0.4) is 0 Å². The summed E-state index contributed by atoms with van der Waals surface area (Å²) in [5.41, 5.74) is 0.466. The van der Waals surface area contributed by atoms with E-state index >= 15 is 0 Å². The van der Waals surface area contributed by atoms with Gasteiger partial charge in [0.1, 0.15) is 0 Å². The fraction of sp³-hybridized carbons (Fsp3) is 0.455. The molecule has 1 rings (SSSR count). The van der Waals surface area contributed by atoms with Crippen molar-refractivity contribution in [1.29, 1.82) is 0 Å². The fourth-order valence-corrected chi connectivity index (χ4v) is 1.55. The number of halogens is 1. The van der Waals surface area contributed by atoms with Gasteiger partial charge in [0.15, 0.2) is 0 Å². The quantitative estimate of drug-likeness (QED) is 0.818. The van der Waals surface area contributed by atoms with Crippen molar-refractivity contribution in [3.05, 3.63) is 29.0 Å². The lowest BCUT2D eigenvalue weighted by atomic mass is 10.1. The molecule has 1 aromatic heterocycles. The number of carbonyl (C=O) groups excluding carboxylic acids is 1. The van der Waals surface area contributed by atoms with Gasteiger partial charge in [0.25, 0.3) is 5.91 Å². The summed E-state index contributed by atoms with van der Waals surface area (Å²) < 4.78 is 0. The molecular formula is C11H16ClN3O. The number of hydrogen-bond donors (Lipinski definition) is 2. The predicted molar refractivity (Wildman–Crippen MR) is 64.7 cm³/mol. The standard InChI is InChI=1S/C11H16ClN3O/c1-8(5-13-2)6-15-11(16)9-3-4-14-7-10(9)12/h3-4,7-8,13H,5-6H2,1-2H3,(H,15,16). The summed E-state index contributed by atoms with van der Waals surface area (Å²) in [7, 11) is 1.89. The molecule has 0 bridgehead atoms. The van der Waals surface area contributed by atoms with Crippen LogP contribution in [-0.2, 0) is 0 Å². The fourth-order valence-electron chi connectivity index (χ4n) is 1.34. The van der Waals surface area contributed by atoms with Gasteiger partial charge in [0.2, 0.25) is 0 Å². The normalized spacial score (nSPS) is 12.2. The van der Waals surface area contributed by atoms with Gasteiger partial charge < -0.3 is 10.6 Å². The SMILES string of the molecule is CNCC(C)CNC(=O)c1ccncc1Cl. The molecule has 0 aliphatic heterocycles. The van der Waals surface area contributed by atoms with Gasteiger partial charge in [-0.15, -0.1) is 0 Å². The van der Waals surface area contributed by atoms with E-state index in [4.69, 9.17) is 11.6 Å². The minimum absolute atomic E-state index is 0.157. The Labute approximate surface area is 100 Å². The number of amides is 1. The van der Waals surface area contributed by atoms with E-state index in [1.165, 1.54) is 6.20 Å². The zero-order valence-corrected chi connectivity index (χ0v) is 10.2. The lowest BCUT2D eigenvalue weighted by Gasteiger charge is -2.12. The maximum atomic E-state index is 11.7. The van der Waals surface area contributed by atoms with E-state index < -0.39 is 0 Å². The largest absolute Gasteiger partial charge is 0.352 e. The van der Waals surface area contributed by atoms with E-state index in [-0.39, 0.29) is 5.91 Å². The highest BCUT2D eigenvalue weighted by Crippen LogP contribution is 2.12. The number of pyridine rings is 1. The Bertz CT molecular complexity index is 357. The number of rotatable bonds is 5. The molecule has 2 N–H and O–H groups in total. The minimum Gasteiger partial charge on any atom is -0.352 e. The molecule has 0 aliphatic carbocycles. The molecule has 16 heavy (non-hydrogen) atoms. The Hall–Kier alpha value is -1.13. The summed E-state index contributed by atoms with van der Waals surface area (Å²) in [5.74, 6) is 0.227. The van der Waals surface area contributed by atoms with Crippen molar-refractivity contribution < 1.29 is 4.79 Å². The Morgan fingerprint density at radius 1 is 1.56 bits per heavy atom. The van der Waals surface area contributed by atoms with Crippen LogP contribution in [0.4, 0.5) is 0 Å². The molecule has 1 atom stereocenters. The monoisotopic (exact) mass is 241 g/mol. The molecule has 0 spiro atoms. The van der Waals surface area contributed by atoms with Crippen molar-refractivity contribution in [2.75, 3.05) is 20.1 Å². The first kappa shape index (κ1) is 12.9. The highest BCUT2D eigenvalue weighted by atomic mass is 35.5. The smallest absolute Gasteiger partial charge is 0.252 e. The molecule has 1 aromatic rings. The van der Waals surface area contributed by atoms with E-state index in [0.29, 0.717) is 23.0 Å². The Morgan fingerprint density at radius 2 is 2.31 bits per heavy atom. The van der Waals surface area contributed by atoms with Crippen LogP contribution in [0.5, 0.6) is 0 Å². The van der Waals surface area contributed by atoms with Gasteiger partial charge in [-0.2, -0.15) is 0 Å². The lowest BCUT2D eigenvalue weighted by Crippen LogP contribution is -2.32. The van der Waals surface area contributed by atoms with E-state index in [9.17, 15) is 4.79 Å². The van der Waals surface area contributed by atoms with Crippen LogP contribution in [-0.4, -0.2) is 31.0 Å². The molecule has 0 saturated heterocycles. The molecule has 1 unspecified atom stereocenters. The molecule has 1 amide bonds. The average molecular weight is 242 g/mol. The van der Waals surface area contributed by atoms with Gasteiger partial charge in [-0.25, -0.2) is 0 Å². The topological polar surface area (TPSA) is 54.0 Å². The second-order valence-electron chi connectivity index (χ2n) is 3.73. The predicted octanol–water partition coefficient (Wildman–Crippen LogP) is 1.32. The average Bonchev–Trinajstić information content (AvgIpc) is 2.27. The first-order valence-corrected chi connectivity index (χ1v) is 5.55. The molecule has 1 heterocycles. The molecule has 0 aliphatic rings. The molecular weight excluding hydrogens is 226 g/mol. The van der Waals surface area contributed by atoms with Gasteiger partial charge in [0, 0.05) is 18.9 Å². The summed E-state index contributed by atoms with van der Waals surface area (Å²) >= 11 is 5.86. The minimum atomic E-state index is -0.157. The molecule has 88 valence electrons. The Balaban J connectivity index is 2.50. The van der Waals surface area contributed by atoms with Crippen LogP contribution >= 0.6 is 11.6 Å². The first-order valence-electron chi connectivity index (χ1n) is 5.17. The zero-order chi connectivity index (χ0) is 12.0. The number of hydrogen-bond acceptors (Lipinski definition) is 3. The van der Waals surface area contributed by atoms with Crippen LogP contribution in [0.15, 0.2) is 18.5 Å². The third-order valence-corrected chi connectivity index (χ3v) is 2.48. The number of carbonyl (C=O) groups is 1. The van der Waals surface area contributed by atoms with Gasteiger partial charge >= 0.3 is 0 Å². The van der Waals surface area contributed by atoms with Gasteiger partial charge in [-0.05, 0) is 25.6 Å². The molecule has 5 heteroatoms. The number of aromatic nitrogens is 1. The third kappa shape index (κ3) is 3.79. The summed E-state index contributed by atoms with van der Waals surface area (Å²) in [6.07, 6.45) is 3.02. The van der Waals surface area contributed by atoms with Crippen molar-refractivity contribution in [3.63, 3.8) is 0 Å². The van der Waals surface area contributed by atoms with Crippen molar-refractivity contribution in [2.45, 2.75) is 6.92 Å². The second kappa shape index (κ2) is 6.45. The Kier molecular flexibility index (Phi) is 5.22. The molecule has 0 saturated carbocycles. The maximum absolute atomic E-state index is 11.7. The van der Waals surface area contributed by atoms with Crippen LogP contribution in [0.25, 0.3) is 0 Å². The van der Waals surface area contributed by atoms with Gasteiger partial charge in [0.05, 0.1) is 10.6 Å². The molecule has 0 fully saturated rings. The van der Waals surface area contributed by atoms with Gasteiger partial charge in [-0.1, -0.05) is 18.5 Å². The van der Waals surface area contributed by atoms with E-state index in [1.807, 2.05) is 7.05 Å². The first-order chi connectivity index (χ1) is 7.65. The summed E-state index contributed by atoms with van der Waals surface area (Å²) in [6.45, 7) is 3.55. The van der Waals surface area contributed by atoms with E-state index in [1.54, 1.807) is 12.3 Å². The van der Waals surface area contributed by atoms with Crippen molar-refractivity contribution in [1.82, 2.24) is 15.6 Å². The molecule has 4 nitrogen and oxygen atoms in total. The number of nitrogens with zero attached hydrogens (tertiary/aromatic N) is 1. The zero-order valence-electron chi connectivity index (χ0n) is 9.46. The Morgan fingerprint density at radius 3 is 2.94 bits per heavy atom. The van der Waals surface area contributed by atoms with E-state index in [0.717, 1.165) is 6.54 Å². The van der Waals surface area contributed by atoms with Crippen LogP contribution in [0, 0.1) is 5.92 Å². The van der Waals surface area contributed by atoms with Crippen molar-refractivity contribution in [3.8, 4) is 0 Å². The van der Waals surface area contributed by atoms with Crippen molar-refractivity contribution in [2.24, 2.45) is 5.92 Å². The second-order valence-corrected chi connectivity index (χ2v) is 4.14. The summed E-state index contributed by atoms with van der Waals surface area (Å²) in [6, 6.07) is 1.61. The van der Waals surface area contributed by atoms with Crippen LogP contribution in [0.2, 0.25) is 5.02 Å². The van der Waals surface area contributed by atoms with E-state index in [2.05, 4.69) is 22.5 Å². The maximum Gasteiger partial charge on any atom is 0.252 e. The highest BCUT2D eigenvalue weighted by molar-refractivity contribution is 6.33. The van der Waals surface area contributed by atoms with Crippen LogP contribution in [0.1, 0.15) is 17.3 Å². The summed E-state index contributed by atoms with van der Waals surface area (Å²) in [4.78, 5) is 15.6. The number of nitrogens with one attached hydrogen (secondary N) is 2. The molecule has 0 radical (unpaired) electrons. The third-order valence-electron chi connectivity index (χ3n) is 2.18. The van der Waals surface area contributed by atoms with Gasteiger partial charge in [-0.3, -0.25) is 9.78 Å². The summed E-state index contributed by atoms with van der Waals surface area (Å²) in [5, 5.41) is 6.26. The van der Waals surface area contributed by atoms with Crippen molar-refractivity contribution >= 4 is 17.5 Å². The van der Waals surface area contributed by atoms with Crippen LogP contribution < -0.4 is 10.6 Å². The highest BCUT2D eigenvalue weighted by Gasteiger charge is 2.10. The lowest BCUT2D eigenvalue weighted by molar-refractivity contribution is 0.0948.